The van der Waals surface area contributed by atoms with E-state index in [1.807, 2.05) is 24.3 Å². The van der Waals surface area contributed by atoms with Crippen LogP contribution in [0.1, 0.15) is 12.0 Å². The van der Waals surface area contributed by atoms with Crippen LogP contribution in [0.4, 0.5) is 0 Å². The van der Waals surface area contributed by atoms with E-state index in [1.165, 1.54) is 0 Å². The summed E-state index contributed by atoms with van der Waals surface area (Å²) in [6.07, 6.45) is 0.616. The molecule has 0 aliphatic carbocycles. The van der Waals surface area contributed by atoms with Crippen molar-refractivity contribution in [3.05, 3.63) is 34.7 Å². The van der Waals surface area contributed by atoms with Gasteiger partial charge in [-0.1, -0.05) is 0 Å². The lowest BCUT2D eigenvalue weighted by atomic mass is 9.93. The van der Waals surface area contributed by atoms with Gasteiger partial charge in [0.2, 0.25) is 6.54 Å². The molecule has 20 heavy (non-hydrogen) atoms. The third-order valence-corrected chi connectivity index (χ3v) is 3.20. The Morgan fingerprint density at radius 1 is 1.35 bits per heavy atom. The lowest BCUT2D eigenvalue weighted by molar-refractivity contribution is -0.559. The first-order chi connectivity index (χ1) is 9.74. The number of benzene rings is 1. The van der Waals surface area contributed by atoms with Crippen LogP contribution in [0.15, 0.2) is 29.4 Å². The molecule has 0 amide bonds. The summed E-state index contributed by atoms with van der Waals surface area (Å²) in [5.41, 5.74) is 1.47. The Kier molecular flexibility index (Phi) is 5.20. The minimum atomic E-state index is -0.0829. The number of aliphatic hydroxyl groups is 1. The molecule has 6 heteroatoms. The molecule has 0 saturated heterocycles. The van der Waals surface area contributed by atoms with E-state index in [1.54, 1.807) is 7.11 Å². The van der Waals surface area contributed by atoms with Gasteiger partial charge in [0.05, 0.1) is 18.1 Å². The smallest absolute Gasteiger partial charge is 0.228 e. The van der Waals surface area contributed by atoms with E-state index < -0.39 is 0 Å². The van der Waals surface area contributed by atoms with Gasteiger partial charge in [0.1, 0.15) is 22.9 Å². The Balaban J connectivity index is 2.10. The molecule has 0 radical (unpaired) electrons. The summed E-state index contributed by atoms with van der Waals surface area (Å²) in [5, 5.41) is 13.4. The standard InChI is InChI=1S/C14H19N2O4/c1-19-8-9-20-13-4-2-11(3-5-13)14-12(10-17)6-7-16(18)15-14/h2-5,12,17H,6-10H2,1H3/q+1. The van der Waals surface area contributed by atoms with E-state index in [2.05, 4.69) is 5.10 Å². The van der Waals surface area contributed by atoms with Crippen LogP contribution >= 0.6 is 0 Å². The van der Waals surface area contributed by atoms with Crippen molar-refractivity contribution in [3.8, 4) is 5.75 Å². The van der Waals surface area contributed by atoms with Crippen molar-refractivity contribution >= 4 is 5.71 Å². The molecular weight excluding hydrogens is 260 g/mol. The molecule has 1 N–H and O–H groups in total. The molecule has 0 bridgehead atoms. The van der Waals surface area contributed by atoms with Gasteiger partial charge in [-0.2, -0.15) is 0 Å². The van der Waals surface area contributed by atoms with Crippen molar-refractivity contribution in [2.45, 2.75) is 6.42 Å². The molecule has 1 heterocycles. The Hall–Kier alpha value is -1.79. The van der Waals surface area contributed by atoms with Crippen molar-refractivity contribution in [1.82, 2.24) is 0 Å². The van der Waals surface area contributed by atoms with Gasteiger partial charge in [0.25, 0.3) is 0 Å². The van der Waals surface area contributed by atoms with Crippen LogP contribution in [0, 0.1) is 10.8 Å². The van der Waals surface area contributed by atoms with Crippen LogP contribution in [0.25, 0.3) is 0 Å². The van der Waals surface area contributed by atoms with Crippen molar-refractivity contribution in [1.29, 1.82) is 0 Å². The molecule has 0 aromatic heterocycles. The van der Waals surface area contributed by atoms with Gasteiger partial charge in [-0.25, -0.2) is 0 Å². The zero-order valence-corrected chi connectivity index (χ0v) is 11.5. The molecule has 6 nitrogen and oxygen atoms in total. The number of nitroso groups, excluding NO2 is 1. The number of hydrogen-bond donors (Lipinski definition) is 1. The summed E-state index contributed by atoms with van der Waals surface area (Å²) in [5.74, 6) is 0.655. The largest absolute Gasteiger partial charge is 0.491 e. The Bertz CT molecular complexity index is 484. The Labute approximate surface area is 117 Å². The van der Waals surface area contributed by atoms with Gasteiger partial charge in [-0.15, -0.1) is 0 Å². The van der Waals surface area contributed by atoms with Crippen molar-refractivity contribution in [2.24, 2.45) is 11.0 Å². The average Bonchev–Trinajstić information content (AvgIpc) is 2.48. The van der Waals surface area contributed by atoms with Crippen molar-refractivity contribution < 1.29 is 19.4 Å². The third kappa shape index (κ3) is 3.61. The fraction of sp³-hybridized carbons (Fsp3) is 0.500. The van der Waals surface area contributed by atoms with E-state index in [4.69, 9.17) is 9.47 Å². The summed E-state index contributed by atoms with van der Waals surface area (Å²) in [4.78, 5) is 12.0. The first-order valence-electron chi connectivity index (χ1n) is 6.60. The highest BCUT2D eigenvalue weighted by molar-refractivity contribution is 6.02. The zero-order valence-electron chi connectivity index (χ0n) is 11.5. The first kappa shape index (κ1) is 14.6. The molecule has 108 valence electrons. The molecule has 1 aliphatic rings. The first-order valence-corrected chi connectivity index (χ1v) is 6.60. The number of ether oxygens (including phenoxy) is 2. The van der Waals surface area contributed by atoms with Gasteiger partial charge < -0.3 is 14.6 Å². The maximum Gasteiger partial charge on any atom is 0.228 e. The van der Waals surface area contributed by atoms with E-state index in [-0.39, 0.29) is 12.5 Å². The fourth-order valence-corrected chi connectivity index (χ4v) is 2.09. The second-order valence-corrected chi connectivity index (χ2v) is 4.59. The second kappa shape index (κ2) is 7.12. The SMILES string of the molecule is COCCOc1ccc(C2=N[N+](=O)CCC2CO)cc1. The van der Waals surface area contributed by atoms with Crippen LogP contribution < -0.4 is 4.74 Å². The number of hydrogen-bond acceptors (Lipinski definition) is 4. The lowest BCUT2D eigenvalue weighted by Crippen LogP contribution is -2.29. The average molecular weight is 279 g/mol. The number of nitrogens with zero attached hydrogens (tertiary/aromatic N) is 2. The van der Waals surface area contributed by atoms with E-state index in [0.29, 0.717) is 36.8 Å². The third-order valence-electron chi connectivity index (χ3n) is 3.20. The zero-order chi connectivity index (χ0) is 14.4. The number of methoxy groups -OCH3 is 1. The van der Waals surface area contributed by atoms with Gasteiger partial charge >= 0.3 is 0 Å². The summed E-state index contributed by atoms with van der Waals surface area (Å²) in [7, 11) is 1.62. The summed E-state index contributed by atoms with van der Waals surface area (Å²) in [6, 6.07) is 7.35. The summed E-state index contributed by atoms with van der Waals surface area (Å²) >= 11 is 0. The van der Waals surface area contributed by atoms with Gasteiger partial charge in [-0.3, -0.25) is 0 Å². The predicted octanol–water partition coefficient (Wildman–Crippen LogP) is 1.21. The molecule has 0 fully saturated rings. The molecule has 0 saturated carbocycles. The topological polar surface area (TPSA) is 71.1 Å². The maximum absolute atomic E-state index is 11.4. The van der Waals surface area contributed by atoms with Crippen molar-refractivity contribution in [3.63, 3.8) is 0 Å². The normalized spacial score (nSPS) is 18.8. The maximum atomic E-state index is 11.4. The second-order valence-electron chi connectivity index (χ2n) is 4.59. The predicted molar refractivity (Wildman–Crippen MR) is 74.0 cm³/mol. The molecule has 0 spiro atoms. The number of aliphatic hydroxyl groups excluding tert-OH is 1. The molecule has 1 atom stereocenters. The lowest BCUT2D eigenvalue weighted by Gasteiger charge is -2.16. The quantitative estimate of drug-likeness (QED) is 0.627. The van der Waals surface area contributed by atoms with Crippen LogP contribution in [-0.4, -0.2) is 49.2 Å². The molecule has 1 unspecified atom stereocenters. The van der Waals surface area contributed by atoms with Crippen LogP contribution in [0.2, 0.25) is 0 Å². The summed E-state index contributed by atoms with van der Waals surface area (Å²) < 4.78 is 10.4. The van der Waals surface area contributed by atoms with Crippen LogP contribution in [-0.2, 0) is 4.74 Å². The number of hydrazone groups is 1. The highest BCUT2D eigenvalue weighted by Crippen LogP contribution is 2.20. The van der Waals surface area contributed by atoms with E-state index in [0.717, 1.165) is 11.3 Å². The summed E-state index contributed by atoms with van der Waals surface area (Å²) in [6.45, 7) is 1.35. The minimum absolute atomic E-state index is 0.00123. The van der Waals surface area contributed by atoms with Crippen LogP contribution in [0.3, 0.4) is 0 Å². The van der Waals surface area contributed by atoms with Gasteiger partial charge in [0.15, 0.2) is 0 Å². The molecular formula is C14H19N2O4+. The molecule has 1 aromatic carbocycles. The van der Waals surface area contributed by atoms with Gasteiger partial charge in [-0.05, 0) is 24.3 Å². The Morgan fingerprint density at radius 3 is 2.75 bits per heavy atom. The molecule has 2 rings (SSSR count). The monoisotopic (exact) mass is 279 g/mol. The highest BCUT2D eigenvalue weighted by atomic mass is 16.5. The number of rotatable bonds is 6. The Morgan fingerprint density at radius 2 is 2.10 bits per heavy atom. The van der Waals surface area contributed by atoms with Gasteiger partial charge in [0, 0.05) is 30.1 Å². The highest BCUT2D eigenvalue weighted by Gasteiger charge is 2.29. The van der Waals surface area contributed by atoms with E-state index in [9.17, 15) is 10.0 Å². The van der Waals surface area contributed by atoms with E-state index >= 15 is 0 Å². The molecule has 1 aromatic rings. The van der Waals surface area contributed by atoms with Crippen LogP contribution in [0.5, 0.6) is 5.75 Å². The fourth-order valence-electron chi connectivity index (χ4n) is 2.09. The minimum Gasteiger partial charge on any atom is -0.491 e. The van der Waals surface area contributed by atoms with Crippen molar-refractivity contribution in [2.75, 3.05) is 33.5 Å². The molecule has 1 aliphatic heterocycles.